The molecule has 0 amide bonds. The Hall–Kier alpha value is -1.77. The van der Waals surface area contributed by atoms with E-state index in [0.29, 0.717) is 5.82 Å². The van der Waals surface area contributed by atoms with Crippen molar-refractivity contribution in [2.24, 2.45) is 0 Å². The van der Waals surface area contributed by atoms with Gasteiger partial charge in [-0.15, -0.1) is 0 Å². The smallest absolute Gasteiger partial charge is 0.148 e. The minimum Gasteiger partial charge on any atom is -0.382 e. The third kappa shape index (κ3) is 3.13. The number of aromatic nitrogens is 2. The summed E-state index contributed by atoms with van der Waals surface area (Å²) < 4.78 is 0. The molecule has 2 rings (SSSR count). The van der Waals surface area contributed by atoms with Gasteiger partial charge in [0.15, 0.2) is 0 Å². The zero-order valence-electron chi connectivity index (χ0n) is 10.9. The van der Waals surface area contributed by atoms with Gasteiger partial charge in [-0.05, 0) is 31.2 Å². The number of hydrogen-bond acceptors (Lipinski definition) is 2. The summed E-state index contributed by atoms with van der Waals surface area (Å²) in [5, 5.41) is 7.18. The van der Waals surface area contributed by atoms with E-state index in [2.05, 4.69) is 47.5 Å². The van der Waals surface area contributed by atoms with Gasteiger partial charge in [-0.2, -0.15) is 5.10 Å². The number of rotatable bonds is 6. The summed E-state index contributed by atoms with van der Waals surface area (Å²) in [6, 6.07) is 10.6. The molecule has 3 N–H and O–H groups in total. The number of hydrogen-bond donors (Lipinski definition) is 2. The van der Waals surface area contributed by atoms with Crippen LogP contribution in [0.4, 0.5) is 5.82 Å². The number of aryl methyl sites for hydroxylation is 2. The highest BCUT2D eigenvalue weighted by molar-refractivity contribution is 5.42. The van der Waals surface area contributed by atoms with Crippen LogP contribution in [-0.4, -0.2) is 10.2 Å². The molecule has 0 bridgehead atoms. The topological polar surface area (TPSA) is 54.7 Å². The van der Waals surface area contributed by atoms with Gasteiger partial charge < -0.3 is 5.73 Å². The minimum absolute atomic E-state index is 0.673. The number of nitrogen functional groups attached to an aromatic ring is 1. The summed E-state index contributed by atoms with van der Waals surface area (Å²) in [5.41, 5.74) is 9.69. The zero-order chi connectivity index (χ0) is 12.8. The highest BCUT2D eigenvalue weighted by Crippen LogP contribution is 2.17. The van der Waals surface area contributed by atoms with E-state index >= 15 is 0 Å². The molecule has 96 valence electrons. The Morgan fingerprint density at radius 3 is 2.61 bits per heavy atom. The first-order chi connectivity index (χ1) is 8.81. The predicted molar refractivity (Wildman–Crippen MR) is 75.5 cm³/mol. The number of H-pyrrole nitrogens is 1. The van der Waals surface area contributed by atoms with Crippen LogP contribution in [-0.2, 0) is 19.3 Å². The van der Waals surface area contributed by atoms with Crippen LogP contribution in [0.3, 0.4) is 0 Å². The molecular weight excluding hydrogens is 222 g/mol. The molecule has 3 heteroatoms. The highest BCUT2D eigenvalue weighted by Gasteiger charge is 2.09. The van der Waals surface area contributed by atoms with E-state index < -0.39 is 0 Å². The van der Waals surface area contributed by atoms with Crippen molar-refractivity contribution >= 4 is 5.82 Å². The van der Waals surface area contributed by atoms with Crippen LogP contribution in [0.5, 0.6) is 0 Å². The molecular formula is C15H21N3. The SMILES string of the molecule is CCCc1c(N)n[nH]c1CCCc1ccccc1. The molecule has 0 atom stereocenters. The standard InChI is InChI=1S/C15H21N3/c1-2-7-13-14(17-18-15(13)16)11-6-10-12-8-4-3-5-9-12/h3-5,8-9H,2,6-7,10-11H2,1H3,(H3,16,17,18). The average molecular weight is 243 g/mol. The lowest BCUT2D eigenvalue weighted by Crippen LogP contribution is -1.97. The number of benzene rings is 1. The van der Waals surface area contributed by atoms with Gasteiger partial charge in [0.25, 0.3) is 0 Å². The summed E-state index contributed by atoms with van der Waals surface area (Å²) in [4.78, 5) is 0. The second kappa shape index (κ2) is 6.24. The number of nitrogens with one attached hydrogen (secondary N) is 1. The van der Waals surface area contributed by atoms with Gasteiger partial charge in [-0.3, -0.25) is 5.10 Å². The van der Waals surface area contributed by atoms with Gasteiger partial charge in [0, 0.05) is 11.3 Å². The Bertz CT molecular complexity index is 474. The van der Waals surface area contributed by atoms with Gasteiger partial charge in [0.2, 0.25) is 0 Å². The Balaban J connectivity index is 1.90. The first-order valence-corrected chi connectivity index (χ1v) is 6.66. The van der Waals surface area contributed by atoms with Crippen molar-refractivity contribution in [2.45, 2.75) is 39.0 Å². The van der Waals surface area contributed by atoms with Crippen LogP contribution in [0.2, 0.25) is 0 Å². The normalized spacial score (nSPS) is 10.7. The van der Waals surface area contributed by atoms with Gasteiger partial charge in [-0.1, -0.05) is 43.7 Å². The van der Waals surface area contributed by atoms with Gasteiger partial charge in [-0.25, -0.2) is 0 Å². The molecule has 0 aliphatic heterocycles. The van der Waals surface area contributed by atoms with Gasteiger partial charge in [0.05, 0.1) is 0 Å². The Morgan fingerprint density at radius 2 is 1.89 bits per heavy atom. The first-order valence-electron chi connectivity index (χ1n) is 6.66. The molecule has 0 fully saturated rings. The second-order valence-electron chi connectivity index (χ2n) is 4.66. The minimum atomic E-state index is 0.673. The molecule has 0 saturated heterocycles. The van der Waals surface area contributed by atoms with Crippen LogP contribution >= 0.6 is 0 Å². The van der Waals surface area contributed by atoms with E-state index in [1.807, 2.05) is 0 Å². The molecule has 18 heavy (non-hydrogen) atoms. The number of nitrogens with zero attached hydrogens (tertiary/aromatic N) is 1. The lowest BCUT2D eigenvalue weighted by Gasteiger charge is -2.03. The lowest BCUT2D eigenvalue weighted by atomic mass is 10.0. The lowest BCUT2D eigenvalue weighted by molar-refractivity contribution is 0.778. The van der Waals surface area contributed by atoms with E-state index in [1.54, 1.807) is 0 Å². The fourth-order valence-corrected chi connectivity index (χ4v) is 2.27. The highest BCUT2D eigenvalue weighted by atomic mass is 15.2. The van der Waals surface area contributed by atoms with Crippen molar-refractivity contribution in [2.75, 3.05) is 5.73 Å². The second-order valence-corrected chi connectivity index (χ2v) is 4.66. The zero-order valence-corrected chi connectivity index (χ0v) is 10.9. The average Bonchev–Trinajstić information content (AvgIpc) is 2.73. The molecule has 1 aromatic carbocycles. The van der Waals surface area contributed by atoms with Crippen LogP contribution in [0, 0.1) is 0 Å². The van der Waals surface area contributed by atoms with Crippen LogP contribution in [0.15, 0.2) is 30.3 Å². The van der Waals surface area contributed by atoms with Crippen LogP contribution in [0.1, 0.15) is 36.6 Å². The maximum atomic E-state index is 5.87. The van der Waals surface area contributed by atoms with Crippen molar-refractivity contribution in [1.29, 1.82) is 0 Å². The molecule has 0 saturated carbocycles. The fraction of sp³-hybridized carbons (Fsp3) is 0.400. The van der Waals surface area contributed by atoms with Gasteiger partial charge in [0.1, 0.15) is 5.82 Å². The molecule has 1 heterocycles. The monoisotopic (exact) mass is 243 g/mol. The first kappa shape index (κ1) is 12.7. The number of nitrogens with two attached hydrogens (primary N) is 1. The van der Waals surface area contributed by atoms with E-state index in [9.17, 15) is 0 Å². The summed E-state index contributed by atoms with van der Waals surface area (Å²) in [7, 11) is 0. The summed E-state index contributed by atoms with van der Waals surface area (Å²) >= 11 is 0. The predicted octanol–water partition coefficient (Wildman–Crippen LogP) is 3.12. The number of aromatic amines is 1. The van der Waals surface area contributed by atoms with Crippen molar-refractivity contribution in [1.82, 2.24) is 10.2 Å². The Kier molecular flexibility index (Phi) is 4.40. The molecule has 0 aliphatic rings. The summed E-state index contributed by atoms with van der Waals surface area (Å²) in [6.45, 7) is 2.17. The van der Waals surface area contributed by atoms with E-state index in [1.165, 1.54) is 16.8 Å². The Labute approximate surface area is 108 Å². The summed E-state index contributed by atoms with van der Waals surface area (Å²) in [5.74, 6) is 0.673. The molecule has 0 aliphatic carbocycles. The van der Waals surface area contributed by atoms with Crippen molar-refractivity contribution < 1.29 is 0 Å². The van der Waals surface area contributed by atoms with Crippen LogP contribution in [0.25, 0.3) is 0 Å². The van der Waals surface area contributed by atoms with Crippen LogP contribution < -0.4 is 5.73 Å². The largest absolute Gasteiger partial charge is 0.382 e. The molecule has 2 aromatic rings. The maximum absolute atomic E-state index is 5.87. The molecule has 3 nitrogen and oxygen atoms in total. The number of anilines is 1. The summed E-state index contributed by atoms with van der Waals surface area (Å²) in [6.07, 6.45) is 5.38. The Morgan fingerprint density at radius 1 is 1.11 bits per heavy atom. The maximum Gasteiger partial charge on any atom is 0.148 e. The van der Waals surface area contributed by atoms with Crippen molar-refractivity contribution in [3.8, 4) is 0 Å². The van der Waals surface area contributed by atoms with Crippen molar-refractivity contribution in [3.05, 3.63) is 47.2 Å². The van der Waals surface area contributed by atoms with E-state index in [4.69, 9.17) is 5.73 Å². The third-order valence-corrected chi connectivity index (χ3v) is 3.22. The molecule has 0 unspecified atom stereocenters. The molecule has 1 aromatic heterocycles. The third-order valence-electron chi connectivity index (χ3n) is 3.22. The molecule has 0 radical (unpaired) electrons. The quantitative estimate of drug-likeness (QED) is 0.819. The van der Waals surface area contributed by atoms with Crippen molar-refractivity contribution in [3.63, 3.8) is 0 Å². The van der Waals surface area contributed by atoms with E-state index in [0.717, 1.165) is 32.1 Å². The fourth-order valence-electron chi connectivity index (χ4n) is 2.27. The van der Waals surface area contributed by atoms with E-state index in [-0.39, 0.29) is 0 Å². The molecule has 0 spiro atoms. The van der Waals surface area contributed by atoms with Gasteiger partial charge >= 0.3 is 0 Å².